The van der Waals surface area contributed by atoms with Gasteiger partial charge < -0.3 is 15.3 Å². The normalized spacial score (nSPS) is 18.6. The summed E-state index contributed by atoms with van der Waals surface area (Å²) < 4.78 is 0. The van der Waals surface area contributed by atoms with Gasteiger partial charge in [-0.3, -0.25) is 19.6 Å². The van der Waals surface area contributed by atoms with Crippen LogP contribution in [0.3, 0.4) is 0 Å². The zero-order valence-electron chi connectivity index (χ0n) is 15.2. The summed E-state index contributed by atoms with van der Waals surface area (Å²) in [6, 6.07) is 0.833. The molecule has 1 saturated heterocycles. The molecule has 2 unspecified atom stereocenters. The maximum Gasteiger partial charge on any atom is 0.272 e. The van der Waals surface area contributed by atoms with Crippen molar-refractivity contribution in [1.82, 2.24) is 20.3 Å². The minimum Gasteiger partial charge on any atom is -0.382 e. The van der Waals surface area contributed by atoms with Crippen LogP contribution in [0.5, 0.6) is 0 Å². The molecule has 10 nitrogen and oxygen atoms in total. The standard InChI is InChI=1S/C17H25N5O5/c1-2-3-5-11(14(23)16(25)21-27)17(26)22-9-4-6-12(22)15(24)20-13-7-8-18-10-19-13/h7-8,10-12,14,23,27H,2-6,9H2,1H3,(H,21,25)(H,18,19,20,24)/t11?,12-,14?/m0/s1. The summed E-state index contributed by atoms with van der Waals surface area (Å²) in [7, 11) is 0. The fourth-order valence-corrected chi connectivity index (χ4v) is 3.18. The van der Waals surface area contributed by atoms with E-state index in [9.17, 15) is 19.5 Å². The van der Waals surface area contributed by atoms with Crippen molar-refractivity contribution >= 4 is 23.5 Å². The largest absolute Gasteiger partial charge is 0.382 e. The maximum absolute atomic E-state index is 13.0. The van der Waals surface area contributed by atoms with E-state index in [4.69, 9.17) is 5.21 Å². The molecule has 3 atom stereocenters. The molecule has 0 radical (unpaired) electrons. The van der Waals surface area contributed by atoms with Crippen molar-refractivity contribution < 1.29 is 24.7 Å². The number of aliphatic hydroxyl groups excluding tert-OH is 1. The van der Waals surface area contributed by atoms with E-state index < -0.39 is 29.9 Å². The molecule has 1 aromatic heterocycles. The molecule has 3 amide bonds. The summed E-state index contributed by atoms with van der Waals surface area (Å²) in [5.41, 5.74) is 1.38. The Labute approximate surface area is 156 Å². The van der Waals surface area contributed by atoms with Crippen LogP contribution >= 0.6 is 0 Å². The van der Waals surface area contributed by atoms with Crippen LogP contribution in [-0.4, -0.2) is 61.6 Å². The number of hydroxylamine groups is 1. The zero-order chi connectivity index (χ0) is 19.8. The van der Waals surface area contributed by atoms with Gasteiger partial charge >= 0.3 is 0 Å². The molecule has 0 spiro atoms. The van der Waals surface area contributed by atoms with E-state index in [1.54, 1.807) is 6.07 Å². The van der Waals surface area contributed by atoms with E-state index in [2.05, 4.69) is 15.3 Å². The summed E-state index contributed by atoms with van der Waals surface area (Å²) in [6.07, 6.45) is 3.90. The van der Waals surface area contributed by atoms with Crippen LogP contribution in [0.1, 0.15) is 39.0 Å². The number of anilines is 1. The summed E-state index contributed by atoms with van der Waals surface area (Å²) in [6.45, 7) is 2.28. The van der Waals surface area contributed by atoms with Crippen LogP contribution < -0.4 is 10.8 Å². The minimum absolute atomic E-state index is 0.278. The molecule has 148 valence electrons. The third-order valence-corrected chi connectivity index (χ3v) is 4.62. The Balaban J connectivity index is 2.12. The molecular formula is C17H25N5O5. The predicted molar refractivity (Wildman–Crippen MR) is 94.3 cm³/mol. The SMILES string of the molecule is CCCCC(C(=O)N1CCC[C@H]1C(=O)Nc1ccncn1)C(O)C(=O)NO. The van der Waals surface area contributed by atoms with Gasteiger partial charge in [-0.1, -0.05) is 19.8 Å². The molecule has 0 bridgehead atoms. The first-order chi connectivity index (χ1) is 13.0. The summed E-state index contributed by atoms with van der Waals surface area (Å²) in [4.78, 5) is 46.3. The second kappa shape index (κ2) is 9.93. The highest BCUT2D eigenvalue weighted by atomic mass is 16.5. The second-order valence-corrected chi connectivity index (χ2v) is 6.44. The molecule has 2 heterocycles. The highest BCUT2D eigenvalue weighted by Crippen LogP contribution is 2.25. The van der Waals surface area contributed by atoms with Crippen LogP contribution in [0.15, 0.2) is 18.6 Å². The molecule has 4 N–H and O–H groups in total. The van der Waals surface area contributed by atoms with E-state index in [1.807, 2.05) is 6.92 Å². The molecule has 0 aliphatic carbocycles. The Kier molecular flexibility index (Phi) is 7.62. The minimum atomic E-state index is -1.68. The Morgan fingerprint density at radius 3 is 2.81 bits per heavy atom. The number of likely N-dealkylation sites (tertiary alicyclic amines) is 1. The lowest BCUT2D eigenvalue weighted by Gasteiger charge is -2.29. The Hall–Kier alpha value is -2.59. The first kappa shape index (κ1) is 20.7. The van der Waals surface area contributed by atoms with Gasteiger partial charge in [-0.2, -0.15) is 0 Å². The van der Waals surface area contributed by atoms with E-state index in [-0.39, 0.29) is 12.3 Å². The van der Waals surface area contributed by atoms with E-state index in [0.717, 1.165) is 6.42 Å². The molecule has 0 saturated carbocycles. The van der Waals surface area contributed by atoms with Crippen LogP contribution in [0.2, 0.25) is 0 Å². The molecule has 0 aromatic carbocycles. The Morgan fingerprint density at radius 2 is 2.19 bits per heavy atom. The fraction of sp³-hybridized carbons (Fsp3) is 0.588. The highest BCUT2D eigenvalue weighted by Gasteiger charge is 2.41. The first-order valence-electron chi connectivity index (χ1n) is 8.99. The number of nitrogens with one attached hydrogen (secondary N) is 2. The molecule has 10 heteroatoms. The number of hydrogen-bond donors (Lipinski definition) is 4. The van der Waals surface area contributed by atoms with E-state index in [1.165, 1.54) is 22.9 Å². The molecule has 1 aliphatic heterocycles. The van der Waals surface area contributed by atoms with Crippen molar-refractivity contribution in [3.63, 3.8) is 0 Å². The average Bonchev–Trinajstić information content (AvgIpc) is 3.18. The number of aliphatic hydroxyl groups is 1. The molecule has 1 fully saturated rings. The third-order valence-electron chi connectivity index (χ3n) is 4.62. The van der Waals surface area contributed by atoms with Crippen LogP contribution in [0.4, 0.5) is 5.82 Å². The summed E-state index contributed by atoms with van der Waals surface area (Å²) in [5, 5.41) is 21.6. The lowest BCUT2D eigenvalue weighted by Crippen LogP contribution is -2.50. The predicted octanol–water partition coefficient (Wildman–Crippen LogP) is 0.0788. The highest BCUT2D eigenvalue weighted by molar-refractivity contribution is 5.98. The van der Waals surface area contributed by atoms with Gasteiger partial charge in [0.25, 0.3) is 5.91 Å². The molecule has 27 heavy (non-hydrogen) atoms. The number of amides is 3. The van der Waals surface area contributed by atoms with Gasteiger partial charge in [0, 0.05) is 12.7 Å². The van der Waals surface area contributed by atoms with Crippen molar-refractivity contribution in [2.45, 2.75) is 51.2 Å². The third kappa shape index (κ3) is 5.20. The number of hydrogen-bond acceptors (Lipinski definition) is 7. The van der Waals surface area contributed by atoms with Crippen molar-refractivity contribution in [2.24, 2.45) is 5.92 Å². The van der Waals surface area contributed by atoms with Gasteiger partial charge in [-0.05, 0) is 25.3 Å². The van der Waals surface area contributed by atoms with Gasteiger partial charge in [0.1, 0.15) is 24.3 Å². The van der Waals surface area contributed by atoms with Gasteiger partial charge in [0.05, 0.1) is 5.92 Å². The number of carbonyl (C=O) groups excluding carboxylic acids is 3. The molecule has 1 aliphatic rings. The lowest BCUT2D eigenvalue weighted by molar-refractivity contribution is -0.152. The van der Waals surface area contributed by atoms with Crippen LogP contribution in [0.25, 0.3) is 0 Å². The number of unbranched alkanes of at least 4 members (excludes halogenated alkanes) is 1. The second-order valence-electron chi connectivity index (χ2n) is 6.44. The first-order valence-corrected chi connectivity index (χ1v) is 8.99. The number of aromatic nitrogens is 2. The topological polar surface area (TPSA) is 145 Å². The fourth-order valence-electron chi connectivity index (χ4n) is 3.18. The lowest BCUT2D eigenvalue weighted by atomic mass is 9.93. The zero-order valence-corrected chi connectivity index (χ0v) is 15.2. The van der Waals surface area contributed by atoms with Crippen molar-refractivity contribution in [3.05, 3.63) is 18.6 Å². The Morgan fingerprint density at radius 1 is 1.41 bits per heavy atom. The molecule has 1 aromatic rings. The van der Waals surface area contributed by atoms with Gasteiger partial charge in [-0.25, -0.2) is 15.4 Å². The van der Waals surface area contributed by atoms with E-state index in [0.29, 0.717) is 31.6 Å². The molecular weight excluding hydrogens is 354 g/mol. The number of nitrogens with zero attached hydrogens (tertiary/aromatic N) is 3. The maximum atomic E-state index is 13.0. The smallest absolute Gasteiger partial charge is 0.272 e. The van der Waals surface area contributed by atoms with Gasteiger partial charge in [-0.15, -0.1) is 0 Å². The number of carbonyl (C=O) groups is 3. The van der Waals surface area contributed by atoms with Gasteiger partial charge in [0.15, 0.2) is 0 Å². The van der Waals surface area contributed by atoms with Crippen LogP contribution in [0, 0.1) is 5.92 Å². The quantitative estimate of drug-likeness (QED) is 0.370. The molecule has 2 rings (SSSR count). The van der Waals surface area contributed by atoms with Crippen molar-refractivity contribution in [1.29, 1.82) is 0 Å². The Bertz CT molecular complexity index is 656. The van der Waals surface area contributed by atoms with E-state index >= 15 is 0 Å². The average molecular weight is 379 g/mol. The van der Waals surface area contributed by atoms with Gasteiger partial charge in [0.2, 0.25) is 11.8 Å². The summed E-state index contributed by atoms with van der Waals surface area (Å²) >= 11 is 0. The van der Waals surface area contributed by atoms with Crippen LogP contribution in [-0.2, 0) is 14.4 Å². The van der Waals surface area contributed by atoms with Crippen molar-refractivity contribution in [2.75, 3.05) is 11.9 Å². The monoisotopic (exact) mass is 379 g/mol. The number of rotatable bonds is 8. The summed E-state index contributed by atoms with van der Waals surface area (Å²) in [5.74, 6) is -2.58. The van der Waals surface area contributed by atoms with Crippen molar-refractivity contribution in [3.8, 4) is 0 Å².